The van der Waals surface area contributed by atoms with Gasteiger partial charge in [-0.25, -0.2) is 4.39 Å². The van der Waals surface area contributed by atoms with Crippen molar-refractivity contribution in [2.75, 3.05) is 38.7 Å². The molecule has 7 heteroatoms. The second-order valence-corrected chi connectivity index (χ2v) is 5.02. The van der Waals surface area contributed by atoms with Gasteiger partial charge in [0.15, 0.2) is 11.6 Å². The number of methoxy groups -OCH3 is 1. The fourth-order valence-corrected chi connectivity index (χ4v) is 2.25. The summed E-state index contributed by atoms with van der Waals surface area (Å²) in [5, 5.41) is 5.93. The third-order valence-electron chi connectivity index (χ3n) is 3.41. The summed E-state index contributed by atoms with van der Waals surface area (Å²) < 4.78 is 23.9. The van der Waals surface area contributed by atoms with E-state index in [0.717, 1.165) is 19.4 Å². The van der Waals surface area contributed by atoms with Gasteiger partial charge in [0.05, 0.1) is 12.5 Å². The van der Waals surface area contributed by atoms with Crippen LogP contribution in [-0.2, 0) is 9.53 Å². The largest absolute Gasteiger partial charge is 0.488 e. The van der Waals surface area contributed by atoms with Crippen LogP contribution < -0.4 is 15.4 Å². The summed E-state index contributed by atoms with van der Waals surface area (Å²) in [7, 11) is 1.55. The maximum atomic E-state index is 13.8. The molecule has 1 atom stereocenters. The number of carbonyl (C=O) groups excluding carboxylic acids is 1. The quantitative estimate of drug-likeness (QED) is 0.784. The highest BCUT2D eigenvalue weighted by atomic mass is 35.5. The van der Waals surface area contributed by atoms with Crippen LogP contribution in [0.2, 0.25) is 0 Å². The number of carbonyl (C=O) groups is 1. The van der Waals surface area contributed by atoms with Crippen LogP contribution in [0.15, 0.2) is 18.2 Å². The fourth-order valence-electron chi connectivity index (χ4n) is 2.25. The maximum absolute atomic E-state index is 13.8. The first-order valence-electron chi connectivity index (χ1n) is 7.13. The van der Waals surface area contributed by atoms with E-state index >= 15 is 0 Å². The molecule has 2 rings (SSSR count). The summed E-state index contributed by atoms with van der Waals surface area (Å²) in [5.41, 5.74) is 0.446. The number of halogens is 2. The molecule has 1 saturated heterocycles. The number of hydrogen-bond donors (Lipinski definition) is 2. The molecule has 124 valence electrons. The molecular formula is C15H22ClFN2O3. The number of hydrogen-bond acceptors (Lipinski definition) is 4. The Bertz CT molecular complexity index is 482. The summed E-state index contributed by atoms with van der Waals surface area (Å²) in [6, 6.07) is 4.43. The summed E-state index contributed by atoms with van der Waals surface area (Å²) >= 11 is 0. The van der Waals surface area contributed by atoms with E-state index in [9.17, 15) is 9.18 Å². The van der Waals surface area contributed by atoms with E-state index in [0.29, 0.717) is 18.8 Å². The first-order chi connectivity index (χ1) is 10.2. The first kappa shape index (κ1) is 18.7. The molecule has 1 aliphatic heterocycles. The highest BCUT2D eigenvalue weighted by Crippen LogP contribution is 2.22. The minimum absolute atomic E-state index is 0. The Morgan fingerprint density at radius 1 is 1.45 bits per heavy atom. The maximum Gasteiger partial charge on any atom is 0.228 e. The van der Waals surface area contributed by atoms with Crippen LogP contribution in [-0.4, -0.2) is 39.3 Å². The van der Waals surface area contributed by atoms with E-state index in [4.69, 9.17) is 9.47 Å². The van der Waals surface area contributed by atoms with Crippen LogP contribution in [0, 0.1) is 11.7 Å². The second kappa shape index (κ2) is 9.61. The molecule has 2 N–H and O–H groups in total. The lowest BCUT2D eigenvalue weighted by molar-refractivity contribution is -0.120. The van der Waals surface area contributed by atoms with E-state index < -0.39 is 5.82 Å². The van der Waals surface area contributed by atoms with Crippen molar-refractivity contribution in [1.82, 2.24) is 5.32 Å². The number of ether oxygens (including phenoxy) is 2. The Morgan fingerprint density at radius 2 is 2.27 bits per heavy atom. The predicted molar refractivity (Wildman–Crippen MR) is 85.2 cm³/mol. The standard InChI is InChI=1S/C15H21FN2O3.ClH/c1-20-7-8-21-14-5-4-12(9-13(14)16)18-15(19)11-3-2-6-17-10-11;/h4-5,9,11,17H,2-3,6-8,10H2,1H3,(H,18,19);1H. The average Bonchev–Trinajstić information content (AvgIpc) is 2.50. The zero-order valence-electron chi connectivity index (χ0n) is 12.6. The molecule has 1 heterocycles. The molecule has 0 radical (unpaired) electrons. The van der Waals surface area contributed by atoms with Crippen LogP contribution in [0.3, 0.4) is 0 Å². The lowest BCUT2D eigenvalue weighted by atomic mass is 9.99. The fraction of sp³-hybridized carbons (Fsp3) is 0.533. The van der Waals surface area contributed by atoms with Crippen LogP contribution in [0.1, 0.15) is 12.8 Å². The smallest absolute Gasteiger partial charge is 0.228 e. The number of nitrogens with one attached hydrogen (secondary N) is 2. The Hall–Kier alpha value is -1.37. The summed E-state index contributed by atoms with van der Waals surface area (Å²) in [6.45, 7) is 2.30. The molecule has 1 unspecified atom stereocenters. The van der Waals surface area contributed by atoms with Crippen molar-refractivity contribution in [3.8, 4) is 5.75 Å². The van der Waals surface area contributed by atoms with Crippen molar-refractivity contribution in [2.24, 2.45) is 5.92 Å². The van der Waals surface area contributed by atoms with Gasteiger partial charge in [0, 0.05) is 25.4 Å². The van der Waals surface area contributed by atoms with Gasteiger partial charge in [-0.05, 0) is 31.5 Å². The highest BCUT2D eigenvalue weighted by molar-refractivity contribution is 5.92. The van der Waals surface area contributed by atoms with Gasteiger partial charge in [0.1, 0.15) is 6.61 Å². The summed E-state index contributed by atoms with van der Waals surface area (Å²) in [6.07, 6.45) is 1.85. The molecule has 0 bridgehead atoms. The molecule has 1 aromatic carbocycles. The molecule has 0 saturated carbocycles. The van der Waals surface area contributed by atoms with E-state index in [1.165, 1.54) is 12.1 Å². The second-order valence-electron chi connectivity index (χ2n) is 5.02. The predicted octanol–water partition coefficient (Wildman–Crippen LogP) is 2.21. The van der Waals surface area contributed by atoms with Crippen LogP contribution >= 0.6 is 12.4 Å². The van der Waals surface area contributed by atoms with Crippen molar-refractivity contribution in [3.63, 3.8) is 0 Å². The van der Waals surface area contributed by atoms with Gasteiger partial charge >= 0.3 is 0 Å². The Labute approximate surface area is 136 Å². The molecule has 5 nitrogen and oxygen atoms in total. The van der Waals surface area contributed by atoms with E-state index in [1.807, 2.05) is 0 Å². The van der Waals surface area contributed by atoms with Crippen molar-refractivity contribution < 1.29 is 18.7 Å². The van der Waals surface area contributed by atoms with Crippen LogP contribution in [0.4, 0.5) is 10.1 Å². The zero-order valence-corrected chi connectivity index (χ0v) is 13.4. The lowest BCUT2D eigenvalue weighted by Gasteiger charge is -2.22. The minimum atomic E-state index is -0.495. The molecule has 0 spiro atoms. The topological polar surface area (TPSA) is 59.6 Å². The molecule has 1 aliphatic rings. The van der Waals surface area contributed by atoms with Crippen molar-refractivity contribution in [1.29, 1.82) is 0 Å². The van der Waals surface area contributed by atoms with Gasteiger partial charge in [-0.3, -0.25) is 4.79 Å². The Kier molecular flexibility index (Phi) is 8.16. The number of piperidine rings is 1. The number of rotatable bonds is 6. The molecule has 1 fully saturated rings. The molecule has 0 aliphatic carbocycles. The van der Waals surface area contributed by atoms with Gasteiger partial charge in [-0.15, -0.1) is 12.4 Å². The van der Waals surface area contributed by atoms with Gasteiger partial charge in [0.2, 0.25) is 5.91 Å². The molecule has 1 aromatic rings. The van der Waals surface area contributed by atoms with E-state index in [-0.39, 0.29) is 36.6 Å². The van der Waals surface area contributed by atoms with Crippen molar-refractivity contribution in [3.05, 3.63) is 24.0 Å². The Morgan fingerprint density at radius 3 is 2.91 bits per heavy atom. The van der Waals surface area contributed by atoms with E-state index in [2.05, 4.69) is 10.6 Å². The van der Waals surface area contributed by atoms with Crippen LogP contribution in [0.25, 0.3) is 0 Å². The number of benzene rings is 1. The lowest BCUT2D eigenvalue weighted by Crippen LogP contribution is -2.37. The zero-order chi connectivity index (χ0) is 15.1. The van der Waals surface area contributed by atoms with Crippen molar-refractivity contribution >= 4 is 24.0 Å². The molecule has 0 aromatic heterocycles. The summed E-state index contributed by atoms with van der Waals surface area (Å²) in [4.78, 5) is 12.1. The normalized spacial score (nSPS) is 17.5. The highest BCUT2D eigenvalue weighted by Gasteiger charge is 2.21. The molecular weight excluding hydrogens is 311 g/mol. The van der Waals surface area contributed by atoms with Gasteiger partial charge in [-0.2, -0.15) is 0 Å². The van der Waals surface area contributed by atoms with Gasteiger partial charge in [0.25, 0.3) is 0 Å². The Balaban J connectivity index is 0.00000242. The summed E-state index contributed by atoms with van der Waals surface area (Å²) in [5.74, 6) is -0.468. The van der Waals surface area contributed by atoms with Gasteiger partial charge < -0.3 is 20.1 Å². The monoisotopic (exact) mass is 332 g/mol. The third-order valence-corrected chi connectivity index (χ3v) is 3.41. The average molecular weight is 333 g/mol. The van der Waals surface area contributed by atoms with Gasteiger partial charge in [-0.1, -0.05) is 0 Å². The van der Waals surface area contributed by atoms with Crippen LogP contribution in [0.5, 0.6) is 5.75 Å². The number of anilines is 1. The number of amides is 1. The molecule has 1 amide bonds. The van der Waals surface area contributed by atoms with Crippen molar-refractivity contribution in [2.45, 2.75) is 12.8 Å². The third kappa shape index (κ3) is 5.44. The SMILES string of the molecule is COCCOc1ccc(NC(=O)C2CCCNC2)cc1F.Cl. The molecule has 22 heavy (non-hydrogen) atoms. The first-order valence-corrected chi connectivity index (χ1v) is 7.13. The van der Waals surface area contributed by atoms with E-state index in [1.54, 1.807) is 13.2 Å². The minimum Gasteiger partial charge on any atom is -0.488 e.